The number of nitrogens with one attached hydrogen (secondary N) is 2. The molecule has 0 aromatic heterocycles. The summed E-state index contributed by atoms with van der Waals surface area (Å²) in [5.74, 6) is 1.32. The van der Waals surface area contributed by atoms with E-state index in [0.717, 1.165) is 18.6 Å². The fourth-order valence-electron chi connectivity index (χ4n) is 2.42. The summed E-state index contributed by atoms with van der Waals surface area (Å²) < 4.78 is 4.96. The van der Waals surface area contributed by atoms with Crippen LogP contribution in [-0.2, 0) is 16.0 Å². The number of benzene rings is 1. The highest BCUT2D eigenvalue weighted by Crippen LogP contribution is 2.28. The summed E-state index contributed by atoms with van der Waals surface area (Å²) in [6.45, 7) is 6.98. The number of amides is 2. The summed E-state index contributed by atoms with van der Waals surface area (Å²) in [4.78, 5) is 24.0. The van der Waals surface area contributed by atoms with Crippen LogP contribution in [0, 0.1) is 0 Å². The fraction of sp³-hybridized carbons (Fsp3) is 0.556. The third-order valence-electron chi connectivity index (χ3n) is 3.96. The van der Waals surface area contributed by atoms with Crippen LogP contribution < -0.4 is 15.4 Å². The molecule has 6 heteroatoms. The minimum absolute atomic E-state index is 0.0757. The van der Waals surface area contributed by atoms with E-state index in [1.807, 2.05) is 45.0 Å². The average Bonchev–Trinajstić information content (AvgIpc) is 2.55. The van der Waals surface area contributed by atoms with E-state index in [4.69, 9.17) is 4.74 Å². The Hall–Kier alpha value is -1.69. The first-order chi connectivity index (χ1) is 11.4. The molecule has 5 nitrogen and oxygen atoms in total. The van der Waals surface area contributed by atoms with Crippen LogP contribution >= 0.6 is 11.8 Å². The Bertz CT molecular complexity index is 572. The van der Waals surface area contributed by atoms with Crippen LogP contribution in [0.4, 0.5) is 0 Å². The van der Waals surface area contributed by atoms with E-state index in [9.17, 15) is 9.59 Å². The van der Waals surface area contributed by atoms with Gasteiger partial charge in [0.25, 0.3) is 0 Å². The molecule has 2 rings (SSSR count). The van der Waals surface area contributed by atoms with Gasteiger partial charge < -0.3 is 15.4 Å². The molecule has 1 heterocycles. The molecule has 0 unspecified atom stereocenters. The largest absolute Gasteiger partial charge is 0.494 e. The second-order valence-corrected chi connectivity index (χ2v) is 7.96. The van der Waals surface area contributed by atoms with Gasteiger partial charge in [-0.1, -0.05) is 12.1 Å². The van der Waals surface area contributed by atoms with Crippen LogP contribution in [0.25, 0.3) is 0 Å². The van der Waals surface area contributed by atoms with Crippen molar-refractivity contribution >= 4 is 23.6 Å². The predicted octanol–water partition coefficient (Wildman–Crippen LogP) is 2.14. The van der Waals surface area contributed by atoms with Gasteiger partial charge in [-0.2, -0.15) is 0 Å². The van der Waals surface area contributed by atoms with Crippen molar-refractivity contribution < 1.29 is 14.3 Å². The summed E-state index contributed by atoms with van der Waals surface area (Å²) >= 11 is 1.52. The second kappa shape index (κ2) is 8.42. The number of hydrogen-bond acceptors (Lipinski definition) is 4. The van der Waals surface area contributed by atoms with E-state index in [2.05, 4.69) is 10.6 Å². The van der Waals surface area contributed by atoms with Crippen LogP contribution in [0.1, 0.15) is 32.8 Å². The van der Waals surface area contributed by atoms with E-state index in [0.29, 0.717) is 18.9 Å². The van der Waals surface area contributed by atoms with Gasteiger partial charge in [0.05, 0.1) is 11.4 Å². The molecule has 1 aliphatic rings. The van der Waals surface area contributed by atoms with E-state index < -0.39 is 10.8 Å². The highest BCUT2D eigenvalue weighted by Gasteiger charge is 2.37. The minimum Gasteiger partial charge on any atom is -0.494 e. The zero-order valence-corrected chi connectivity index (χ0v) is 15.4. The van der Waals surface area contributed by atoms with Gasteiger partial charge in [-0.15, -0.1) is 11.8 Å². The molecule has 132 valence electrons. The van der Waals surface area contributed by atoms with Crippen molar-refractivity contribution in [3.8, 4) is 5.75 Å². The molecule has 1 saturated heterocycles. The van der Waals surface area contributed by atoms with Gasteiger partial charge in [0.2, 0.25) is 11.8 Å². The highest BCUT2D eigenvalue weighted by molar-refractivity contribution is 8.01. The normalized spacial score (nSPS) is 19.5. The zero-order valence-electron chi connectivity index (χ0n) is 14.6. The molecule has 24 heavy (non-hydrogen) atoms. The van der Waals surface area contributed by atoms with E-state index in [1.165, 1.54) is 17.3 Å². The lowest BCUT2D eigenvalue weighted by molar-refractivity contribution is -0.129. The lowest BCUT2D eigenvalue weighted by Crippen LogP contribution is -2.57. The average molecular weight is 350 g/mol. The molecule has 0 spiro atoms. The number of rotatable bonds is 7. The Morgan fingerprint density at radius 1 is 1.38 bits per heavy atom. The molecular weight excluding hydrogens is 324 g/mol. The second-order valence-electron chi connectivity index (χ2n) is 6.32. The molecule has 0 aliphatic carbocycles. The maximum Gasteiger partial charge on any atom is 0.243 e. The number of aryl methyl sites for hydroxylation is 1. The smallest absolute Gasteiger partial charge is 0.243 e. The predicted molar refractivity (Wildman–Crippen MR) is 97.4 cm³/mol. The van der Waals surface area contributed by atoms with Crippen molar-refractivity contribution in [3.63, 3.8) is 0 Å². The summed E-state index contributed by atoms with van der Waals surface area (Å²) in [6.07, 6.45) is 1.75. The maximum atomic E-state index is 12.1. The number of ether oxygens (including phenoxy) is 1. The monoisotopic (exact) mass is 350 g/mol. The summed E-state index contributed by atoms with van der Waals surface area (Å²) in [6, 6.07) is 7.60. The Balaban J connectivity index is 1.68. The first-order valence-corrected chi connectivity index (χ1v) is 9.35. The minimum atomic E-state index is -0.454. The van der Waals surface area contributed by atoms with Crippen LogP contribution in [-0.4, -0.2) is 41.5 Å². The molecule has 1 fully saturated rings. The Labute approximate surface area is 147 Å². The van der Waals surface area contributed by atoms with Gasteiger partial charge in [0.1, 0.15) is 11.8 Å². The third-order valence-corrected chi connectivity index (χ3v) is 5.36. The first-order valence-electron chi connectivity index (χ1n) is 8.37. The van der Waals surface area contributed by atoms with Crippen molar-refractivity contribution in [1.82, 2.24) is 10.6 Å². The lowest BCUT2D eigenvalue weighted by Gasteiger charge is -2.32. The number of carbonyl (C=O) groups is 2. The van der Waals surface area contributed by atoms with Crippen LogP contribution in [0.5, 0.6) is 5.75 Å². The summed E-state index contributed by atoms with van der Waals surface area (Å²) in [5.41, 5.74) is 1.22. The summed E-state index contributed by atoms with van der Waals surface area (Å²) in [5, 5.41) is 5.71. The highest BCUT2D eigenvalue weighted by atomic mass is 32.2. The van der Waals surface area contributed by atoms with Gasteiger partial charge in [-0.05, 0) is 51.3 Å². The van der Waals surface area contributed by atoms with E-state index in [-0.39, 0.29) is 11.8 Å². The number of hydrogen-bond donors (Lipinski definition) is 2. The van der Waals surface area contributed by atoms with E-state index >= 15 is 0 Å². The Kier molecular flexibility index (Phi) is 6.54. The Morgan fingerprint density at radius 2 is 2.08 bits per heavy atom. The maximum absolute atomic E-state index is 12.1. The molecule has 0 bridgehead atoms. The van der Waals surface area contributed by atoms with Gasteiger partial charge in [0.15, 0.2) is 0 Å². The van der Waals surface area contributed by atoms with Crippen molar-refractivity contribution in [1.29, 1.82) is 0 Å². The third kappa shape index (κ3) is 5.16. The summed E-state index contributed by atoms with van der Waals surface area (Å²) in [7, 11) is 0. The first kappa shape index (κ1) is 18.6. The van der Waals surface area contributed by atoms with Gasteiger partial charge in [0, 0.05) is 12.3 Å². The molecule has 1 aromatic carbocycles. The number of thioether (sulfide) groups is 1. The Morgan fingerprint density at radius 3 is 2.71 bits per heavy atom. The molecule has 1 aliphatic heterocycles. The topological polar surface area (TPSA) is 67.4 Å². The fourth-order valence-corrected chi connectivity index (χ4v) is 3.43. The molecule has 0 saturated carbocycles. The molecular formula is C18H26N2O3S. The molecule has 1 atom stereocenters. The van der Waals surface area contributed by atoms with Gasteiger partial charge in [-0.3, -0.25) is 9.59 Å². The molecule has 2 N–H and O–H groups in total. The van der Waals surface area contributed by atoms with Gasteiger partial charge in [-0.25, -0.2) is 0 Å². The van der Waals surface area contributed by atoms with Crippen molar-refractivity contribution in [2.24, 2.45) is 0 Å². The zero-order chi connectivity index (χ0) is 17.6. The van der Waals surface area contributed by atoms with Crippen molar-refractivity contribution in [2.75, 3.05) is 18.9 Å². The molecule has 0 radical (unpaired) electrons. The van der Waals surface area contributed by atoms with Gasteiger partial charge >= 0.3 is 0 Å². The number of carbonyl (C=O) groups excluding carboxylic acids is 2. The van der Waals surface area contributed by atoms with Crippen molar-refractivity contribution in [3.05, 3.63) is 29.8 Å². The van der Waals surface area contributed by atoms with Crippen LogP contribution in [0.3, 0.4) is 0 Å². The van der Waals surface area contributed by atoms with E-state index in [1.54, 1.807) is 0 Å². The standard InChI is InChI=1S/C18H26N2O3S/c1-4-23-14-9-7-13(8-10-14)6-5-11-19-16(21)15-12-24-18(2,3)17(22)20-15/h7-10,15H,4-6,11-12H2,1-3H3,(H,19,21)(H,20,22)/t15-/m0/s1. The molecule has 2 amide bonds. The van der Waals surface area contributed by atoms with Crippen molar-refractivity contribution in [2.45, 2.75) is 44.4 Å². The van der Waals surface area contributed by atoms with Crippen LogP contribution in [0.15, 0.2) is 24.3 Å². The molecule has 1 aromatic rings. The SMILES string of the molecule is CCOc1ccc(CCCNC(=O)[C@@H]2CSC(C)(C)C(=O)N2)cc1. The quantitative estimate of drug-likeness (QED) is 0.740. The lowest BCUT2D eigenvalue weighted by atomic mass is 10.1. The van der Waals surface area contributed by atoms with Crippen LogP contribution in [0.2, 0.25) is 0 Å².